The molecule has 0 spiro atoms. The second-order valence-corrected chi connectivity index (χ2v) is 6.07. The number of rotatable bonds is 2. The molecular formula is C16H14BrClO2. The summed E-state index contributed by atoms with van der Waals surface area (Å²) >= 11 is 10.1. The first kappa shape index (κ1) is 13.8. The summed E-state index contributed by atoms with van der Waals surface area (Å²) in [4.78, 5) is 0. The van der Waals surface area contributed by atoms with Crippen molar-refractivity contribution < 1.29 is 9.47 Å². The van der Waals surface area contributed by atoms with Crippen molar-refractivity contribution >= 4 is 27.5 Å². The standard InChI is InChI=1S/C16H14BrClO2/c1-10-8-11(2-4-13(10)17)16(18)12-3-5-14-15(9-12)20-7-6-19-14/h2-5,8-9,16H,6-7H2,1H3. The van der Waals surface area contributed by atoms with E-state index in [1.165, 1.54) is 5.56 Å². The lowest BCUT2D eigenvalue weighted by atomic mass is 10.0. The number of hydrogen-bond donors (Lipinski definition) is 0. The predicted molar refractivity (Wildman–Crippen MR) is 84.0 cm³/mol. The maximum Gasteiger partial charge on any atom is 0.161 e. The quantitative estimate of drug-likeness (QED) is 0.718. The number of fused-ring (bicyclic) bond motifs is 1. The molecule has 0 saturated heterocycles. The van der Waals surface area contributed by atoms with Gasteiger partial charge in [0, 0.05) is 4.47 Å². The van der Waals surface area contributed by atoms with Gasteiger partial charge < -0.3 is 9.47 Å². The van der Waals surface area contributed by atoms with Crippen LogP contribution in [0.4, 0.5) is 0 Å². The van der Waals surface area contributed by atoms with Crippen LogP contribution in [0.5, 0.6) is 11.5 Å². The van der Waals surface area contributed by atoms with Crippen LogP contribution in [0.1, 0.15) is 22.1 Å². The third-order valence-electron chi connectivity index (χ3n) is 3.33. The van der Waals surface area contributed by atoms with Crippen molar-refractivity contribution in [2.24, 2.45) is 0 Å². The molecule has 0 aliphatic carbocycles. The Hall–Kier alpha value is -1.19. The minimum atomic E-state index is -0.197. The van der Waals surface area contributed by atoms with E-state index in [1.807, 2.05) is 30.3 Å². The fourth-order valence-corrected chi connectivity index (χ4v) is 2.75. The fraction of sp³-hybridized carbons (Fsp3) is 0.250. The SMILES string of the molecule is Cc1cc(C(Cl)c2ccc3c(c2)OCCO3)ccc1Br. The molecule has 1 atom stereocenters. The highest BCUT2D eigenvalue weighted by Gasteiger charge is 2.17. The molecule has 1 aliphatic rings. The minimum Gasteiger partial charge on any atom is -0.486 e. The van der Waals surface area contributed by atoms with E-state index in [-0.39, 0.29) is 5.38 Å². The predicted octanol–water partition coefficient (Wildman–Crippen LogP) is 4.86. The summed E-state index contributed by atoms with van der Waals surface area (Å²) in [5.74, 6) is 1.56. The number of alkyl halides is 1. The third kappa shape index (κ3) is 2.65. The Balaban J connectivity index is 1.93. The molecule has 0 bridgehead atoms. The lowest BCUT2D eigenvalue weighted by Gasteiger charge is -2.20. The molecule has 0 saturated carbocycles. The molecule has 3 rings (SSSR count). The monoisotopic (exact) mass is 352 g/mol. The second-order valence-electron chi connectivity index (χ2n) is 4.77. The molecule has 0 amide bonds. The molecule has 0 fully saturated rings. The maximum atomic E-state index is 6.59. The molecule has 104 valence electrons. The van der Waals surface area contributed by atoms with Crippen LogP contribution in [0.15, 0.2) is 40.9 Å². The van der Waals surface area contributed by atoms with E-state index in [1.54, 1.807) is 0 Å². The number of benzene rings is 2. The van der Waals surface area contributed by atoms with Gasteiger partial charge in [0.05, 0.1) is 5.38 Å². The van der Waals surface area contributed by atoms with Crippen LogP contribution in [0.3, 0.4) is 0 Å². The summed E-state index contributed by atoms with van der Waals surface area (Å²) in [5.41, 5.74) is 3.26. The molecule has 1 heterocycles. The second kappa shape index (κ2) is 5.66. The Morgan fingerprint density at radius 2 is 1.65 bits per heavy atom. The van der Waals surface area contributed by atoms with Crippen molar-refractivity contribution in [3.05, 3.63) is 57.6 Å². The van der Waals surface area contributed by atoms with Crippen molar-refractivity contribution in [3.8, 4) is 11.5 Å². The van der Waals surface area contributed by atoms with Crippen molar-refractivity contribution in [2.45, 2.75) is 12.3 Å². The first-order valence-electron chi connectivity index (χ1n) is 6.45. The van der Waals surface area contributed by atoms with Crippen LogP contribution >= 0.6 is 27.5 Å². The van der Waals surface area contributed by atoms with Crippen LogP contribution in [0, 0.1) is 6.92 Å². The highest BCUT2D eigenvalue weighted by molar-refractivity contribution is 9.10. The van der Waals surface area contributed by atoms with Crippen LogP contribution < -0.4 is 9.47 Å². The summed E-state index contributed by atoms with van der Waals surface area (Å²) in [5, 5.41) is -0.197. The van der Waals surface area contributed by atoms with Crippen LogP contribution in [0.2, 0.25) is 0 Å². The highest BCUT2D eigenvalue weighted by atomic mass is 79.9. The Labute approximate surface area is 131 Å². The van der Waals surface area contributed by atoms with Crippen LogP contribution in [-0.2, 0) is 0 Å². The summed E-state index contributed by atoms with van der Waals surface area (Å²) in [7, 11) is 0. The van der Waals surface area contributed by atoms with Crippen LogP contribution in [0.25, 0.3) is 0 Å². The molecule has 0 radical (unpaired) electrons. The van der Waals surface area contributed by atoms with Gasteiger partial charge in [-0.15, -0.1) is 11.6 Å². The number of hydrogen-bond acceptors (Lipinski definition) is 2. The van der Waals surface area contributed by atoms with Gasteiger partial charge in [-0.25, -0.2) is 0 Å². The zero-order valence-electron chi connectivity index (χ0n) is 11.0. The summed E-state index contributed by atoms with van der Waals surface area (Å²) in [6.45, 7) is 3.24. The molecule has 2 aromatic carbocycles. The summed E-state index contributed by atoms with van der Waals surface area (Å²) in [6.07, 6.45) is 0. The van der Waals surface area contributed by atoms with Gasteiger partial charge in [0.15, 0.2) is 11.5 Å². The zero-order valence-corrected chi connectivity index (χ0v) is 13.4. The van der Waals surface area contributed by atoms with Gasteiger partial charge in [0.25, 0.3) is 0 Å². The van der Waals surface area contributed by atoms with Gasteiger partial charge in [-0.2, -0.15) is 0 Å². The molecule has 2 nitrogen and oxygen atoms in total. The lowest BCUT2D eigenvalue weighted by Crippen LogP contribution is -2.15. The third-order valence-corrected chi connectivity index (χ3v) is 4.73. The molecule has 4 heteroatoms. The van der Waals surface area contributed by atoms with Gasteiger partial charge in [-0.3, -0.25) is 0 Å². The molecule has 0 N–H and O–H groups in total. The van der Waals surface area contributed by atoms with Gasteiger partial charge in [-0.1, -0.05) is 34.1 Å². The van der Waals surface area contributed by atoms with Crippen molar-refractivity contribution in [1.82, 2.24) is 0 Å². The molecule has 0 aromatic heterocycles. The Kier molecular flexibility index (Phi) is 3.90. The van der Waals surface area contributed by atoms with Gasteiger partial charge >= 0.3 is 0 Å². The van der Waals surface area contributed by atoms with Crippen molar-refractivity contribution in [1.29, 1.82) is 0 Å². The lowest BCUT2D eigenvalue weighted by molar-refractivity contribution is 0.171. The number of halogens is 2. The summed E-state index contributed by atoms with van der Waals surface area (Å²) in [6, 6.07) is 12.0. The molecule has 2 aromatic rings. The Morgan fingerprint density at radius 3 is 2.40 bits per heavy atom. The smallest absolute Gasteiger partial charge is 0.161 e. The molecule has 1 unspecified atom stereocenters. The van der Waals surface area contributed by atoms with Gasteiger partial charge in [-0.05, 0) is 41.8 Å². The maximum absolute atomic E-state index is 6.59. The van der Waals surface area contributed by atoms with E-state index >= 15 is 0 Å². The van der Waals surface area contributed by atoms with E-state index in [0.717, 1.165) is 27.1 Å². The number of aryl methyl sites for hydroxylation is 1. The van der Waals surface area contributed by atoms with E-state index in [9.17, 15) is 0 Å². The van der Waals surface area contributed by atoms with Crippen molar-refractivity contribution in [3.63, 3.8) is 0 Å². The first-order valence-corrected chi connectivity index (χ1v) is 7.68. The number of ether oxygens (including phenoxy) is 2. The van der Waals surface area contributed by atoms with Gasteiger partial charge in [0.1, 0.15) is 13.2 Å². The zero-order chi connectivity index (χ0) is 14.1. The highest BCUT2D eigenvalue weighted by Crippen LogP contribution is 2.37. The average Bonchev–Trinajstić information content (AvgIpc) is 2.49. The minimum absolute atomic E-state index is 0.197. The fourth-order valence-electron chi connectivity index (χ4n) is 2.24. The summed E-state index contributed by atoms with van der Waals surface area (Å²) < 4.78 is 12.2. The molecular weight excluding hydrogens is 340 g/mol. The Morgan fingerprint density at radius 1 is 1.00 bits per heavy atom. The van der Waals surface area contributed by atoms with E-state index in [4.69, 9.17) is 21.1 Å². The Bertz CT molecular complexity index is 642. The largest absolute Gasteiger partial charge is 0.486 e. The van der Waals surface area contributed by atoms with E-state index in [0.29, 0.717) is 13.2 Å². The van der Waals surface area contributed by atoms with Crippen LogP contribution in [-0.4, -0.2) is 13.2 Å². The van der Waals surface area contributed by atoms with Crippen molar-refractivity contribution in [2.75, 3.05) is 13.2 Å². The topological polar surface area (TPSA) is 18.5 Å². The van der Waals surface area contributed by atoms with Gasteiger partial charge in [0.2, 0.25) is 0 Å². The normalized spacial score (nSPS) is 14.9. The molecule has 1 aliphatic heterocycles. The molecule has 20 heavy (non-hydrogen) atoms. The first-order chi connectivity index (χ1) is 9.65. The average molecular weight is 354 g/mol. The van der Waals surface area contributed by atoms with E-state index in [2.05, 4.69) is 28.9 Å². The van der Waals surface area contributed by atoms with E-state index < -0.39 is 0 Å².